The Bertz CT molecular complexity index is 925. The van der Waals surface area contributed by atoms with Gasteiger partial charge in [-0.3, -0.25) is 4.99 Å². The summed E-state index contributed by atoms with van der Waals surface area (Å²) >= 11 is 5.92. The molecule has 31 heavy (non-hydrogen) atoms. The molecule has 0 saturated heterocycles. The van der Waals surface area contributed by atoms with Crippen LogP contribution in [0, 0.1) is 5.92 Å². The Kier molecular flexibility index (Phi) is 7.43. The van der Waals surface area contributed by atoms with E-state index in [2.05, 4.69) is 15.6 Å². The number of alkyl halides is 3. The van der Waals surface area contributed by atoms with Crippen molar-refractivity contribution in [2.24, 2.45) is 10.9 Å². The molecule has 0 heterocycles. The summed E-state index contributed by atoms with van der Waals surface area (Å²) < 4.78 is 37.8. The first-order valence-corrected chi connectivity index (χ1v) is 10.3. The van der Waals surface area contributed by atoms with Crippen molar-refractivity contribution in [3.8, 4) is 5.75 Å². The molecule has 0 radical (unpaired) electrons. The molecular formula is C22H23ClF3N3O2. The Morgan fingerprint density at radius 2 is 1.81 bits per heavy atom. The second-order valence-electron chi connectivity index (χ2n) is 7.59. The number of hydrogen-bond acceptors (Lipinski definition) is 3. The second kappa shape index (κ2) is 10.0. The standard InChI is InChI=1S/C22H23ClF3N3O2/c23-17-5-10-20(30)15(11-17)13-27-12-14-1-6-18(7-2-14)28-21(31)29-19-8-3-16(4-9-19)22(24,25)26/h3-5,8-11,13-14,18,30H,1-2,6-7,12H2,(H2,28,29,31). The Morgan fingerprint density at radius 1 is 1.13 bits per heavy atom. The molecule has 1 fully saturated rings. The Hall–Kier alpha value is -2.74. The van der Waals surface area contributed by atoms with Crippen molar-refractivity contribution < 1.29 is 23.1 Å². The molecule has 0 aromatic heterocycles. The van der Waals surface area contributed by atoms with Gasteiger partial charge >= 0.3 is 12.2 Å². The first kappa shape index (κ1) is 22.9. The smallest absolute Gasteiger partial charge is 0.416 e. The van der Waals surface area contributed by atoms with Crippen molar-refractivity contribution in [1.82, 2.24) is 5.32 Å². The highest BCUT2D eigenvalue weighted by Gasteiger charge is 2.30. The maximum Gasteiger partial charge on any atom is 0.416 e. The quantitative estimate of drug-likeness (QED) is 0.496. The van der Waals surface area contributed by atoms with Crippen LogP contribution in [0.1, 0.15) is 36.8 Å². The number of nitrogens with zero attached hydrogens (tertiary/aromatic N) is 1. The Balaban J connectivity index is 1.41. The van der Waals surface area contributed by atoms with Crippen LogP contribution in [0.3, 0.4) is 0 Å². The fourth-order valence-corrected chi connectivity index (χ4v) is 3.69. The summed E-state index contributed by atoms with van der Waals surface area (Å²) in [6.45, 7) is 0.621. The van der Waals surface area contributed by atoms with Gasteiger partial charge in [-0.25, -0.2) is 4.79 Å². The Morgan fingerprint density at radius 3 is 2.45 bits per heavy atom. The van der Waals surface area contributed by atoms with E-state index >= 15 is 0 Å². The maximum atomic E-state index is 12.6. The third kappa shape index (κ3) is 6.89. The largest absolute Gasteiger partial charge is 0.507 e. The zero-order chi connectivity index (χ0) is 22.4. The van der Waals surface area contributed by atoms with Crippen molar-refractivity contribution >= 4 is 29.5 Å². The molecule has 9 heteroatoms. The van der Waals surface area contributed by atoms with Gasteiger partial charge in [0.05, 0.1) is 5.56 Å². The van der Waals surface area contributed by atoms with Crippen molar-refractivity contribution in [3.63, 3.8) is 0 Å². The normalized spacial score (nSPS) is 19.4. The number of urea groups is 1. The van der Waals surface area contributed by atoms with Crippen LogP contribution in [0.2, 0.25) is 5.02 Å². The average molecular weight is 454 g/mol. The molecule has 2 aromatic rings. The number of nitrogens with one attached hydrogen (secondary N) is 2. The van der Waals surface area contributed by atoms with E-state index in [0.717, 1.165) is 37.8 Å². The Labute approximate surface area is 183 Å². The van der Waals surface area contributed by atoms with E-state index < -0.39 is 17.8 Å². The number of benzene rings is 2. The molecule has 2 aromatic carbocycles. The van der Waals surface area contributed by atoms with Crippen molar-refractivity contribution in [3.05, 3.63) is 58.6 Å². The monoisotopic (exact) mass is 453 g/mol. The predicted molar refractivity (Wildman–Crippen MR) is 115 cm³/mol. The van der Waals surface area contributed by atoms with Gasteiger partial charge in [0.2, 0.25) is 0 Å². The minimum atomic E-state index is -4.40. The highest BCUT2D eigenvalue weighted by molar-refractivity contribution is 6.30. The van der Waals surface area contributed by atoms with Crippen LogP contribution in [0.15, 0.2) is 47.5 Å². The molecule has 1 aliphatic rings. The van der Waals surface area contributed by atoms with Gasteiger partial charge < -0.3 is 15.7 Å². The van der Waals surface area contributed by atoms with E-state index in [1.165, 1.54) is 18.2 Å². The van der Waals surface area contributed by atoms with E-state index in [9.17, 15) is 23.1 Å². The topological polar surface area (TPSA) is 73.7 Å². The number of amides is 2. The molecule has 1 saturated carbocycles. The minimum Gasteiger partial charge on any atom is -0.507 e. The van der Waals surface area contributed by atoms with Crippen LogP contribution in [-0.4, -0.2) is 29.9 Å². The van der Waals surface area contributed by atoms with E-state index in [0.29, 0.717) is 28.7 Å². The first-order chi connectivity index (χ1) is 14.7. The number of carbonyl (C=O) groups excluding carboxylic acids is 1. The number of aromatic hydroxyl groups is 1. The number of anilines is 1. The molecule has 0 aliphatic heterocycles. The molecule has 0 bridgehead atoms. The average Bonchev–Trinajstić information content (AvgIpc) is 2.71. The molecule has 0 spiro atoms. The lowest BCUT2D eigenvalue weighted by Crippen LogP contribution is -2.40. The minimum absolute atomic E-state index is 0.00616. The summed E-state index contributed by atoms with van der Waals surface area (Å²) in [5.41, 5.74) is 0.116. The zero-order valence-corrected chi connectivity index (χ0v) is 17.4. The molecule has 0 atom stereocenters. The van der Waals surface area contributed by atoms with Crippen LogP contribution >= 0.6 is 11.6 Å². The third-order valence-electron chi connectivity index (χ3n) is 5.24. The van der Waals surface area contributed by atoms with E-state index in [-0.39, 0.29) is 11.8 Å². The van der Waals surface area contributed by atoms with Gasteiger partial charge in [-0.15, -0.1) is 0 Å². The van der Waals surface area contributed by atoms with Gasteiger partial charge in [0.25, 0.3) is 0 Å². The SMILES string of the molecule is O=C(Nc1ccc(C(F)(F)F)cc1)NC1CCC(CN=Cc2cc(Cl)ccc2O)CC1. The molecule has 0 unspecified atom stereocenters. The van der Waals surface area contributed by atoms with Gasteiger partial charge in [-0.2, -0.15) is 13.2 Å². The summed E-state index contributed by atoms with van der Waals surface area (Å²) in [5.74, 6) is 0.508. The summed E-state index contributed by atoms with van der Waals surface area (Å²) in [6, 6.07) is 8.69. The molecule has 3 rings (SSSR count). The molecule has 2 amide bonds. The fourth-order valence-electron chi connectivity index (χ4n) is 3.51. The molecular weight excluding hydrogens is 431 g/mol. The van der Waals surface area contributed by atoms with Crippen molar-refractivity contribution in [2.45, 2.75) is 37.9 Å². The van der Waals surface area contributed by atoms with E-state index in [1.54, 1.807) is 18.3 Å². The highest BCUT2D eigenvalue weighted by Crippen LogP contribution is 2.30. The lowest BCUT2D eigenvalue weighted by molar-refractivity contribution is -0.137. The van der Waals surface area contributed by atoms with Crippen LogP contribution in [0.4, 0.5) is 23.7 Å². The number of phenols is 1. The molecule has 3 N–H and O–H groups in total. The number of aliphatic imine (C=N–C) groups is 1. The number of halogens is 4. The van der Waals surface area contributed by atoms with Gasteiger partial charge in [0, 0.05) is 35.1 Å². The number of carbonyl (C=O) groups is 1. The summed E-state index contributed by atoms with van der Waals surface area (Å²) in [6.07, 6.45) is 0.585. The molecule has 1 aliphatic carbocycles. The molecule has 166 valence electrons. The maximum absolute atomic E-state index is 12.6. The summed E-state index contributed by atoms with van der Waals surface area (Å²) in [4.78, 5) is 16.5. The van der Waals surface area contributed by atoms with Gasteiger partial charge in [-0.05, 0) is 74.1 Å². The number of phenolic OH excluding ortho intramolecular Hbond substituents is 1. The van der Waals surface area contributed by atoms with Crippen molar-refractivity contribution in [1.29, 1.82) is 0 Å². The lowest BCUT2D eigenvalue weighted by atomic mass is 9.86. The fraction of sp³-hybridized carbons (Fsp3) is 0.364. The van der Waals surface area contributed by atoms with Crippen LogP contribution < -0.4 is 10.6 Å². The summed E-state index contributed by atoms with van der Waals surface area (Å²) in [7, 11) is 0. The van der Waals surface area contributed by atoms with Crippen LogP contribution in [0.5, 0.6) is 5.75 Å². The van der Waals surface area contributed by atoms with Crippen LogP contribution in [0.25, 0.3) is 0 Å². The van der Waals surface area contributed by atoms with Gasteiger partial charge in [-0.1, -0.05) is 11.6 Å². The van der Waals surface area contributed by atoms with E-state index in [1.807, 2.05) is 0 Å². The predicted octanol–water partition coefficient (Wildman–Crippen LogP) is 5.86. The second-order valence-corrected chi connectivity index (χ2v) is 8.03. The summed E-state index contributed by atoms with van der Waals surface area (Å²) in [5, 5.41) is 15.8. The highest BCUT2D eigenvalue weighted by atomic mass is 35.5. The van der Waals surface area contributed by atoms with E-state index in [4.69, 9.17) is 11.6 Å². The lowest BCUT2D eigenvalue weighted by Gasteiger charge is -2.28. The zero-order valence-electron chi connectivity index (χ0n) is 16.6. The van der Waals surface area contributed by atoms with Gasteiger partial charge in [0.1, 0.15) is 5.75 Å². The first-order valence-electron chi connectivity index (χ1n) is 9.94. The van der Waals surface area contributed by atoms with Gasteiger partial charge in [0.15, 0.2) is 0 Å². The third-order valence-corrected chi connectivity index (χ3v) is 5.47. The number of rotatable bonds is 5. The van der Waals surface area contributed by atoms with Crippen LogP contribution in [-0.2, 0) is 6.18 Å². The number of hydrogen-bond donors (Lipinski definition) is 3. The molecule has 5 nitrogen and oxygen atoms in total. The van der Waals surface area contributed by atoms with Crippen molar-refractivity contribution in [2.75, 3.05) is 11.9 Å².